The number of aldehydes is 1. The van der Waals surface area contributed by atoms with E-state index >= 15 is 0 Å². The maximum absolute atomic E-state index is 13.7. The molecule has 5 nitrogen and oxygen atoms in total. The molecule has 3 rings (SSSR count). The zero-order valence-electron chi connectivity index (χ0n) is 17.2. The topological polar surface area (TPSA) is 59.0 Å². The van der Waals surface area contributed by atoms with Crippen LogP contribution in [0.1, 0.15) is 32.8 Å². The van der Waals surface area contributed by atoms with Crippen LogP contribution in [0.4, 0.5) is 5.69 Å². The lowest BCUT2D eigenvalue weighted by Crippen LogP contribution is -2.52. The molecule has 5 heteroatoms. The monoisotopic (exact) mass is 392 g/mol. The number of nitrogens with zero attached hydrogens (tertiary/aromatic N) is 2. The molecule has 0 fully saturated rings. The molecular weight excluding hydrogens is 364 g/mol. The van der Waals surface area contributed by atoms with E-state index in [2.05, 4.69) is 18.9 Å². The molecule has 152 valence electrons. The van der Waals surface area contributed by atoms with E-state index in [9.17, 15) is 9.59 Å². The Balaban J connectivity index is 1.99. The molecule has 1 aliphatic rings. The predicted molar refractivity (Wildman–Crippen MR) is 115 cm³/mol. The Morgan fingerprint density at radius 3 is 2.28 bits per heavy atom. The van der Waals surface area contributed by atoms with Crippen LogP contribution in [0, 0.1) is 11.3 Å². The van der Waals surface area contributed by atoms with Gasteiger partial charge in [-0.2, -0.15) is 10.1 Å². The third kappa shape index (κ3) is 4.30. The minimum atomic E-state index is -1.16. The first-order valence-electron chi connectivity index (χ1n) is 10.0. The molecule has 2 atom stereocenters. The molecule has 0 bridgehead atoms. The number of carbonyl (C=O) groups is 2. The summed E-state index contributed by atoms with van der Waals surface area (Å²) in [5, 5.41) is 5.97. The van der Waals surface area contributed by atoms with E-state index in [1.54, 1.807) is 0 Å². The number of para-hydroxylation sites is 1. The Morgan fingerprint density at radius 2 is 1.69 bits per heavy atom. The van der Waals surface area contributed by atoms with Crippen molar-refractivity contribution in [3.63, 3.8) is 0 Å². The van der Waals surface area contributed by atoms with Crippen LogP contribution in [0.25, 0.3) is 0 Å². The summed E-state index contributed by atoms with van der Waals surface area (Å²) in [4.78, 5) is 25.9. The maximum Gasteiger partial charge on any atom is 0.262 e. The normalized spacial score (nSPS) is 20.1. The fourth-order valence-electron chi connectivity index (χ4n) is 3.65. The third-order valence-corrected chi connectivity index (χ3v) is 5.40. The quantitative estimate of drug-likeness (QED) is 0.599. The summed E-state index contributed by atoms with van der Waals surface area (Å²) in [5.41, 5.74) is 1.08. The third-order valence-electron chi connectivity index (χ3n) is 5.40. The standard InChI is InChI=1S/C24H28N2O3/c1-18(2)14-15-29-22(17-27)24(16-20-10-6-4-7-11-20)19(3)25-26(23(24)28)21-12-8-5-9-13-21/h4-13,17-18,22H,14-16H2,1-3H3/t22-,24+/m0/s1. The molecule has 0 aliphatic carbocycles. The van der Waals surface area contributed by atoms with Crippen molar-refractivity contribution >= 4 is 23.6 Å². The van der Waals surface area contributed by atoms with Gasteiger partial charge in [-0.05, 0) is 43.4 Å². The second-order valence-corrected chi connectivity index (χ2v) is 7.88. The van der Waals surface area contributed by atoms with Crippen LogP contribution in [0.3, 0.4) is 0 Å². The van der Waals surface area contributed by atoms with E-state index < -0.39 is 11.5 Å². The first kappa shape index (κ1) is 20.9. The van der Waals surface area contributed by atoms with Crippen molar-refractivity contribution in [3.05, 3.63) is 66.2 Å². The summed E-state index contributed by atoms with van der Waals surface area (Å²) in [6.07, 6.45) is 1.04. The lowest BCUT2D eigenvalue weighted by molar-refractivity contribution is -0.138. The van der Waals surface area contributed by atoms with Gasteiger partial charge in [0.2, 0.25) is 0 Å². The molecule has 0 radical (unpaired) electrons. The fourth-order valence-corrected chi connectivity index (χ4v) is 3.65. The van der Waals surface area contributed by atoms with Gasteiger partial charge in [0.1, 0.15) is 17.8 Å². The van der Waals surface area contributed by atoms with E-state index in [0.29, 0.717) is 30.3 Å². The van der Waals surface area contributed by atoms with Crippen molar-refractivity contribution in [2.24, 2.45) is 16.4 Å². The van der Waals surface area contributed by atoms with E-state index in [-0.39, 0.29) is 5.91 Å². The number of carbonyl (C=O) groups excluding carboxylic acids is 2. The zero-order valence-corrected chi connectivity index (χ0v) is 17.2. The molecule has 29 heavy (non-hydrogen) atoms. The van der Waals surface area contributed by atoms with E-state index in [1.807, 2.05) is 67.6 Å². The molecule has 0 aromatic heterocycles. The van der Waals surface area contributed by atoms with Crippen molar-refractivity contribution in [2.75, 3.05) is 11.6 Å². The Kier molecular flexibility index (Phi) is 6.60. The van der Waals surface area contributed by atoms with Gasteiger partial charge in [-0.15, -0.1) is 0 Å². The molecule has 1 amide bonds. The largest absolute Gasteiger partial charge is 0.369 e. The highest BCUT2D eigenvalue weighted by Crippen LogP contribution is 2.39. The van der Waals surface area contributed by atoms with Gasteiger partial charge in [0.25, 0.3) is 5.91 Å². The first-order chi connectivity index (χ1) is 14.0. The lowest BCUT2D eigenvalue weighted by Gasteiger charge is -2.33. The fraction of sp³-hybridized carbons (Fsp3) is 0.375. The number of ether oxygens (including phenoxy) is 1. The molecule has 2 aromatic rings. The summed E-state index contributed by atoms with van der Waals surface area (Å²) in [6, 6.07) is 19.0. The second kappa shape index (κ2) is 9.14. The maximum atomic E-state index is 13.7. The summed E-state index contributed by atoms with van der Waals surface area (Å²) in [7, 11) is 0. The summed E-state index contributed by atoms with van der Waals surface area (Å²) in [5.74, 6) is 0.217. The van der Waals surface area contributed by atoms with Crippen molar-refractivity contribution in [2.45, 2.75) is 39.7 Å². The Bertz CT molecular complexity index is 864. The van der Waals surface area contributed by atoms with Crippen LogP contribution in [0.5, 0.6) is 0 Å². The molecule has 0 saturated carbocycles. The van der Waals surface area contributed by atoms with Crippen LogP contribution < -0.4 is 5.01 Å². The Labute approximate surface area is 172 Å². The van der Waals surface area contributed by atoms with Crippen molar-refractivity contribution in [1.82, 2.24) is 0 Å². The first-order valence-corrected chi connectivity index (χ1v) is 10.0. The minimum absolute atomic E-state index is 0.230. The number of anilines is 1. The van der Waals surface area contributed by atoms with Gasteiger partial charge in [-0.3, -0.25) is 4.79 Å². The van der Waals surface area contributed by atoms with E-state index in [4.69, 9.17) is 4.74 Å². The average Bonchev–Trinajstić information content (AvgIpc) is 2.98. The van der Waals surface area contributed by atoms with E-state index in [1.165, 1.54) is 5.01 Å². The van der Waals surface area contributed by atoms with Crippen LogP contribution in [-0.2, 0) is 20.7 Å². The number of amides is 1. The molecule has 0 saturated heterocycles. The molecule has 0 N–H and O–H groups in total. The smallest absolute Gasteiger partial charge is 0.262 e. The second-order valence-electron chi connectivity index (χ2n) is 7.88. The number of benzene rings is 2. The van der Waals surface area contributed by atoms with Crippen LogP contribution >= 0.6 is 0 Å². The van der Waals surface area contributed by atoms with Gasteiger partial charge in [-0.1, -0.05) is 62.4 Å². The number of hydrogen-bond acceptors (Lipinski definition) is 4. The molecule has 2 aromatic carbocycles. The zero-order chi connectivity index (χ0) is 20.9. The van der Waals surface area contributed by atoms with Crippen LogP contribution in [0.2, 0.25) is 0 Å². The van der Waals surface area contributed by atoms with Gasteiger partial charge in [-0.25, -0.2) is 0 Å². The SMILES string of the molecule is CC1=NN(c2ccccc2)C(=O)[C@@]1(Cc1ccccc1)[C@H](C=O)OCCC(C)C. The highest BCUT2D eigenvalue weighted by Gasteiger charge is 2.55. The van der Waals surface area contributed by atoms with E-state index in [0.717, 1.165) is 18.3 Å². The number of hydrogen-bond donors (Lipinski definition) is 0. The molecule has 0 spiro atoms. The van der Waals surface area contributed by atoms with Crippen molar-refractivity contribution in [1.29, 1.82) is 0 Å². The van der Waals surface area contributed by atoms with Gasteiger partial charge in [0, 0.05) is 6.61 Å². The Morgan fingerprint density at radius 1 is 1.07 bits per heavy atom. The molecule has 1 aliphatic heterocycles. The molecule has 1 heterocycles. The Hall–Kier alpha value is -2.79. The van der Waals surface area contributed by atoms with Gasteiger partial charge < -0.3 is 9.53 Å². The van der Waals surface area contributed by atoms with Crippen molar-refractivity contribution < 1.29 is 14.3 Å². The van der Waals surface area contributed by atoms with Gasteiger partial charge in [0.05, 0.1) is 11.4 Å². The number of rotatable bonds is 9. The molecular formula is C24H28N2O3. The van der Waals surface area contributed by atoms with Crippen LogP contribution in [-0.4, -0.2) is 30.6 Å². The average molecular weight is 392 g/mol. The number of hydrazone groups is 1. The van der Waals surface area contributed by atoms with Gasteiger partial charge >= 0.3 is 0 Å². The summed E-state index contributed by atoms with van der Waals surface area (Å²) >= 11 is 0. The minimum Gasteiger partial charge on any atom is -0.369 e. The predicted octanol–water partition coefficient (Wildman–Crippen LogP) is 4.27. The summed E-state index contributed by atoms with van der Waals surface area (Å²) < 4.78 is 5.99. The lowest BCUT2D eigenvalue weighted by atomic mass is 9.73. The van der Waals surface area contributed by atoms with Gasteiger partial charge in [0.15, 0.2) is 0 Å². The van der Waals surface area contributed by atoms with Crippen LogP contribution in [0.15, 0.2) is 65.8 Å². The van der Waals surface area contributed by atoms with Crippen molar-refractivity contribution in [3.8, 4) is 0 Å². The highest BCUT2D eigenvalue weighted by molar-refractivity contribution is 6.20. The highest BCUT2D eigenvalue weighted by atomic mass is 16.5. The molecule has 0 unspecified atom stereocenters. The summed E-state index contributed by atoms with van der Waals surface area (Å²) in [6.45, 7) is 6.43.